The van der Waals surface area contributed by atoms with E-state index in [9.17, 15) is 9.59 Å². The predicted octanol–water partition coefficient (Wildman–Crippen LogP) is 0.600. The van der Waals surface area contributed by atoms with E-state index < -0.39 is 12.0 Å². The third kappa shape index (κ3) is 5.81. The highest BCUT2D eigenvalue weighted by Gasteiger charge is 2.26. The van der Waals surface area contributed by atoms with Crippen LogP contribution in [-0.2, 0) is 20.7 Å². The molecule has 2 N–H and O–H groups in total. The van der Waals surface area contributed by atoms with Crippen molar-refractivity contribution < 1.29 is 19.2 Å². The minimum absolute atomic E-state index is 0.115. The summed E-state index contributed by atoms with van der Waals surface area (Å²) in [6, 6.07) is 17.4. The number of methoxy groups -OCH3 is 1. The summed E-state index contributed by atoms with van der Waals surface area (Å²) in [4.78, 5) is 28.3. The van der Waals surface area contributed by atoms with Crippen molar-refractivity contribution in [1.82, 2.24) is 5.32 Å². The van der Waals surface area contributed by atoms with Crippen molar-refractivity contribution in [2.24, 2.45) is 0 Å². The largest absolute Gasteiger partial charge is 0.467 e. The maximum absolute atomic E-state index is 12.6. The summed E-state index contributed by atoms with van der Waals surface area (Å²) in [5.41, 5.74) is 3.53. The molecule has 0 unspecified atom stereocenters. The van der Waals surface area contributed by atoms with E-state index in [0.29, 0.717) is 13.0 Å². The molecule has 0 spiro atoms. The number of nitrogens with one attached hydrogen (secondary N) is 2. The maximum Gasteiger partial charge on any atom is 0.328 e. The van der Waals surface area contributed by atoms with E-state index in [1.54, 1.807) is 0 Å². The molecule has 1 heterocycles. The first-order valence-electron chi connectivity index (χ1n) is 10.1. The molecule has 6 heteroatoms. The number of para-hydroxylation sites is 1. The Morgan fingerprint density at radius 1 is 1.07 bits per heavy atom. The van der Waals surface area contributed by atoms with Gasteiger partial charge < -0.3 is 19.9 Å². The smallest absolute Gasteiger partial charge is 0.328 e. The molecule has 0 aliphatic carbocycles. The lowest BCUT2D eigenvalue weighted by Crippen LogP contribution is -3.16. The number of carbonyl (C=O) groups excluding carboxylic acids is 2. The number of hydrogen-bond acceptors (Lipinski definition) is 4. The maximum atomic E-state index is 12.6. The van der Waals surface area contributed by atoms with E-state index in [0.717, 1.165) is 31.7 Å². The van der Waals surface area contributed by atoms with E-state index in [1.165, 1.54) is 23.3 Å². The van der Waals surface area contributed by atoms with Gasteiger partial charge in [0.25, 0.3) is 5.91 Å². The number of quaternary nitrogens is 1. The molecule has 0 radical (unpaired) electrons. The fraction of sp³-hybridized carbons (Fsp3) is 0.391. The van der Waals surface area contributed by atoms with Crippen LogP contribution in [0, 0.1) is 6.92 Å². The highest BCUT2D eigenvalue weighted by Crippen LogP contribution is 2.18. The van der Waals surface area contributed by atoms with Crippen LogP contribution >= 0.6 is 0 Å². The summed E-state index contributed by atoms with van der Waals surface area (Å²) in [6.45, 7) is 6.11. The zero-order valence-electron chi connectivity index (χ0n) is 17.2. The van der Waals surface area contributed by atoms with Gasteiger partial charge in [0.1, 0.15) is 6.04 Å². The minimum atomic E-state index is -0.664. The number of esters is 1. The number of anilines is 1. The van der Waals surface area contributed by atoms with Gasteiger partial charge in [0.2, 0.25) is 0 Å². The Morgan fingerprint density at radius 2 is 1.72 bits per heavy atom. The van der Waals surface area contributed by atoms with E-state index >= 15 is 0 Å². The van der Waals surface area contributed by atoms with Crippen LogP contribution in [0.15, 0.2) is 54.6 Å². The minimum Gasteiger partial charge on any atom is -0.467 e. The topological polar surface area (TPSA) is 63.1 Å². The first-order chi connectivity index (χ1) is 14.1. The highest BCUT2D eigenvalue weighted by atomic mass is 16.5. The van der Waals surface area contributed by atoms with E-state index in [2.05, 4.69) is 41.4 Å². The Morgan fingerprint density at radius 3 is 2.38 bits per heavy atom. The van der Waals surface area contributed by atoms with Crippen molar-refractivity contribution in [1.29, 1.82) is 0 Å². The Kier molecular flexibility index (Phi) is 7.25. The summed E-state index contributed by atoms with van der Waals surface area (Å²) < 4.78 is 4.88. The highest BCUT2D eigenvalue weighted by molar-refractivity contribution is 5.85. The normalized spacial score (nSPS) is 15.6. The van der Waals surface area contributed by atoms with Crippen molar-refractivity contribution in [3.8, 4) is 0 Å². The molecule has 1 amide bonds. The first kappa shape index (κ1) is 20.9. The molecule has 1 fully saturated rings. The zero-order valence-corrected chi connectivity index (χ0v) is 17.2. The number of benzene rings is 2. The van der Waals surface area contributed by atoms with Gasteiger partial charge in [-0.25, -0.2) is 4.79 Å². The molecule has 1 atom stereocenters. The van der Waals surface area contributed by atoms with Crippen LogP contribution in [0.1, 0.15) is 11.1 Å². The SMILES string of the molecule is COC(=O)[C@@H](Cc1ccccc1)NC(=O)C[NH+]1CCN(c2ccccc2C)CC1. The van der Waals surface area contributed by atoms with Crippen LogP contribution in [0.4, 0.5) is 5.69 Å². The summed E-state index contributed by atoms with van der Waals surface area (Å²) in [5.74, 6) is -0.530. The average molecular weight is 397 g/mol. The molecule has 154 valence electrons. The van der Waals surface area contributed by atoms with Crippen LogP contribution in [0.5, 0.6) is 0 Å². The number of aryl methyl sites for hydroxylation is 1. The fourth-order valence-electron chi connectivity index (χ4n) is 3.82. The van der Waals surface area contributed by atoms with Gasteiger partial charge in [-0.15, -0.1) is 0 Å². The van der Waals surface area contributed by atoms with Crippen LogP contribution in [0.25, 0.3) is 0 Å². The molecule has 1 aliphatic rings. The van der Waals surface area contributed by atoms with Crippen molar-refractivity contribution >= 4 is 17.6 Å². The van der Waals surface area contributed by atoms with Crippen LogP contribution < -0.4 is 15.1 Å². The van der Waals surface area contributed by atoms with Crippen LogP contribution in [0.2, 0.25) is 0 Å². The van der Waals surface area contributed by atoms with Gasteiger partial charge in [-0.1, -0.05) is 48.5 Å². The second-order valence-electron chi connectivity index (χ2n) is 7.53. The lowest BCUT2D eigenvalue weighted by atomic mass is 10.1. The third-order valence-electron chi connectivity index (χ3n) is 5.44. The number of amides is 1. The predicted molar refractivity (Wildman–Crippen MR) is 113 cm³/mol. The van der Waals surface area contributed by atoms with Crippen LogP contribution in [-0.4, -0.2) is 57.8 Å². The molecule has 3 rings (SSSR count). The Hall–Kier alpha value is -2.86. The molecule has 0 bridgehead atoms. The molecule has 0 aromatic heterocycles. The molecule has 1 aliphatic heterocycles. The van der Waals surface area contributed by atoms with Crippen LogP contribution in [0.3, 0.4) is 0 Å². The summed E-state index contributed by atoms with van der Waals surface area (Å²) >= 11 is 0. The lowest BCUT2D eigenvalue weighted by Gasteiger charge is -2.34. The second kappa shape index (κ2) is 10.1. The molecule has 2 aromatic carbocycles. The molecule has 2 aromatic rings. The van der Waals surface area contributed by atoms with Crippen molar-refractivity contribution in [3.05, 3.63) is 65.7 Å². The van der Waals surface area contributed by atoms with E-state index in [1.807, 2.05) is 30.3 Å². The molecule has 6 nitrogen and oxygen atoms in total. The number of rotatable bonds is 7. The quantitative estimate of drug-likeness (QED) is 0.673. The summed E-state index contributed by atoms with van der Waals surface area (Å²) in [6.07, 6.45) is 0.426. The second-order valence-corrected chi connectivity index (χ2v) is 7.53. The van der Waals surface area contributed by atoms with Gasteiger partial charge in [0.15, 0.2) is 6.54 Å². The zero-order chi connectivity index (χ0) is 20.6. The van der Waals surface area contributed by atoms with Gasteiger partial charge in [-0.3, -0.25) is 4.79 Å². The van der Waals surface area contributed by atoms with Gasteiger partial charge >= 0.3 is 5.97 Å². The molecular weight excluding hydrogens is 366 g/mol. The van der Waals surface area contributed by atoms with Gasteiger partial charge in [0.05, 0.1) is 33.3 Å². The van der Waals surface area contributed by atoms with Gasteiger partial charge in [-0.2, -0.15) is 0 Å². The molecular formula is C23H30N3O3+. The fourth-order valence-corrected chi connectivity index (χ4v) is 3.82. The van der Waals surface area contributed by atoms with E-state index in [4.69, 9.17) is 4.74 Å². The molecule has 1 saturated heterocycles. The number of ether oxygens (including phenoxy) is 1. The van der Waals surface area contributed by atoms with E-state index in [-0.39, 0.29) is 5.91 Å². The number of piperazine rings is 1. The Bertz CT molecular complexity index is 817. The Labute approximate surface area is 172 Å². The third-order valence-corrected chi connectivity index (χ3v) is 5.44. The lowest BCUT2D eigenvalue weighted by molar-refractivity contribution is -0.892. The summed E-state index contributed by atoms with van der Waals surface area (Å²) in [5, 5.41) is 2.87. The first-order valence-corrected chi connectivity index (χ1v) is 10.1. The standard InChI is InChI=1S/C23H29N3O3/c1-18-8-6-7-11-21(18)26-14-12-25(13-15-26)17-22(27)24-20(23(28)29-2)16-19-9-4-3-5-10-19/h3-11,20H,12-17H2,1-2H3,(H,24,27)/p+1/t20-/m1/s1. The monoisotopic (exact) mass is 396 g/mol. The summed E-state index contributed by atoms with van der Waals surface area (Å²) in [7, 11) is 1.35. The van der Waals surface area contributed by atoms with Gasteiger partial charge in [-0.05, 0) is 24.1 Å². The van der Waals surface area contributed by atoms with Crippen molar-refractivity contribution in [2.45, 2.75) is 19.4 Å². The molecule has 29 heavy (non-hydrogen) atoms. The number of carbonyl (C=O) groups is 2. The van der Waals surface area contributed by atoms with Crippen molar-refractivity contribution in [3.63, 3.8) is 0 Å². The number of nitrogens with zero attached hydrogens (tertiary/aromatic N) is 1. The Balaban J connectivity index is 1.51. The molecule has 0 saturated carbocycles. The average Bonchev–Trinajstić information content (AvgIpc) is 2.74. The van der Waals surface area contributed by atoms with Gasteiger partial charge in [0, 0.05) is 12.1 Å². The number of hydrogen-bond donors (Lipinski definition) is 2. The van der Waals surface area contributed by atoms with Crippen molar-refractivity contribution in [2.75, 3.05) is 44.7 Å².